The molecule has 6 fully saturated rings. The number of ether oxygens (including phenoxy) is 2. The van der Waals surface area contributed by atoms with E-state index in [9.17, 15) is 28.8 Å². The molecule has 3 aromatic carbocycles. The third-order valence-electron chi connectivity index (χ3n) is 21.5. The van der Waals surface area contributed by atoms with Gasteiger partial charge in [-0.15, -0.1) is 0 Å². The maximum absolute atomic E-state index is 13.6. The quantitative estimate of drug-likeness (QED) is 0.0640. The normalized spacial score (nSPS) is 24.7. The SMILES string of the molecule is CC(C)(C)OC(=O)N1C2CCC1CC1(CCC(NC(=O)c3nc(Cl)c(N)nc3N)=N1)C2.Nc1nc(N)c(C(=O)NC2=NCC3(CC4CCC(C3)N4C(=O)CCc3ccc(OCc4ccccc4)cc3)N2)nc1Cl.Nc1nc(N)c(C(=O)NC2=NCC3(CC4CCC(C3)N4C(=O)c3cccc4[nH]ccc34)N2)nc1Cl. The predicted octanol–water partition coefficient (Wildman–Crippen LogP) is 7.28. The Kier molecular flexibility index (Phi) is 20.4. The molecule has 35 heteroatoms. The molecule has 0 aliphatic carbocycles. The Morgan fingerprint density at radius 1 is 0.546 bits per heavy atom. The first-order valence-electron chi connectivity index (χ1n) is 36.0. The summed E-state index contributed by atoms with van der Waals surface area (Å²) in [6.45, 7) is 7.17. The van der Waals surface area contributed by atoms with E-state index in [1.165, 1.54) is 0 Å². The molecule has 3 spiro atoms. The number of nitrogens with zero attached hydrogens (tertiary/aromatic N) is 12. The molecule has 6 atom stereocenters. The number of guanidine groups is 2. The van der Waals surface area contributed by atoms with E-state index in [1.807, 2.05) is 111 Å². The summed E-state index contributed by atoms with van der Waals surface area (Å²) in [4.78, 5) is 124. The molecule has 566 valence electrons. The fourth-order valence-corrected chi connectivity index (χ4v) is 17.2. The average Bonchev–Trinajstić information content (AvgIpc) is 1.59. The second-order valence-electron chi connectivity index (χ2n) is 30.1. The summed E-state index contributed by atoms with van der Waals surface area (Å²) in [5, 5.41) is 15.7. The molecule has 0 radical (unpaired) electrons. The molecule has 18 N–H and O–H groups in total. The number of H-pyrrole nitrogens is 1. The standard InChI is InChI=1S/C30H33ClN8O3.C23H24ClN9O2.C20H28ClN7O3/c31-25-27(33)36-26(32)24(35-25)28(41)37-29-34-17-30(38-29)14-20-9-10-21(15-30)39(20)23(40)13-8-18-6-11-22(12-7-18)42-16-19-4-2-1-3-5-19;24-17-19(26)30-18(25)16(29-17)20(34)31-22-28-10-23(32-22)8-11-4-5-12(9-23)33(11)21(35)14-2-1-3-15-13(14)6-7-27-15;1-19(2,3)31-18(30)28-10-4-5-11(28)9-20(8-10)7-6-12(27-20)24-17(29)13-15(22)26-16(23)14(21)25-13/h1-7,11-12,20-21H,8-10,13-17H2,(H4,32,33,36)(H2,34,37,38,41);1-3,6-7,11-12,27H,4-5,8-10H2,(H4,25,26,30)(H2,28,31,32,34);10-11H,4-9H2,1-3H3,(H4,22,23,26)(H,24,27,29). The molecule has 13 heterocycles. The fraction of sp³-hybridized carbons (Fsp3) is 0.438. The number of nitrogens with two attached hydrogens (primary N) is 6. The van der Waals surface area contributed by atoms with E-state index in [4.69, 9.17) is 83.7 Å². The monoisotopic (exact) mass is 1530 g/mol. The van der Waals surface area contributed by atoms with Gasteiger partial charge in [0.05, 0.1) is 29.7 Å². The zero-order chi connectivity index (χ0) is 76.1. The van der Waals surface area contributed by atoms with Crippen molar-refractivity contribution in [2.24, 2.45) is 15.0 Å². The van der Waals surface area contributed by atoms with Crippen LogP contribution in [0.2, 0.25) is 15.5 Å². The summed E-state index contributed by atoms with van der Waals surface area (Å²) in [6, 6.07) is 26.4. The number of halogens is 3. The van der Waals surface area contributed by atoms with Crippen LogP contribution in [0.1, 0.15) is 170 Å². The number of aryl methyl sites for hydroxylation is 1. The number of aromatic amines is 1. The molecule has 32 nitrogen and oxygen atoms in total. The number of hydrogen-bond acceptors (Lipinski definition) is 25. The lowest BCUT2D eigenvalue weighted by Crippen LogP contribution is -2.60. The van der Waals surface area contributed by atoms with Crippen molar-refractivity contribution in [2.45, 2.75) is 189 Å². The number of aromatic nitrogens is 7. The largest absolute Gasteiger partial charge is 0.489 e. The summed E-state index contributed by atoms with van der Waals surface area (Å²) in [7, 11) is 0. The van der Waals surface area contributed by atoms with E-state index in [-0.39, 0.29) is 138 Å². The minimum Gasteiger partial charge on any atom is -0.489 e. The Hall–Kier alpha value is -10.9. The van der Waals surface area contributed by atoms with Gasteiger partial charge in [0.25, 0.3) is 23.6 Å². The van der Waals surface area contributed by atoms with Crippen LogP contribution in [0.3, 0.4) is 0 Å². The number of carbonyl (C=O) groups is 6. The minimum absolute atomic E-state index is 0.0277. The van der Waals surface area contributed by atoms with Crippen molar-refractivity contribution in [2.75, 3.05) is 47.5 Å². The van der Waals surface area contributed by atoms with Gasteiger partial charge in [0, 0.05) is 71.8 Å². The number of anilines is 6. The third kappa shape index (κ3) is 15.6. The van der Waals surface area contributed by atoms with Crippen molar-refractivity contribution >= 4 is 134 Å². The highest BCUT2D eigenvalue weighted by Gasteiger charge is 2.55. The zero-order valence-corrected chi connectivity index (χ0v) is 62.0. The van der Waals surface area contributed by atoms with E-state index >= 15 is 0 Å². The van der Waals surface area contributed by atoms with Gasteiger partial charge in [-0.3, -0.25) is 49.6 Å². The van der Waals surface area contributed by atoms with Crippen molar-refractivity contribution in [3.8, 4) is 5.75 Å². The van der Waals surface area contributed by atoms with Crippen LogP contribution in [0.5, 0.6) is 5.75 Å². The first-order valence-corrected chi connectivity index (χ1v) is 37.1. The van der Waals surface area contributed by atoms with Crippen LogP contribution >= 0.6 is 34.8 Å². The van der Waals surface area contributed by atoms with Crippen molar-refractivity contribution in [1.29, 1.82) is 0 Å². The van der Waals surface area contributed by atoms with Gasteiger partial charge in [-0.05, 0) is 152 Å². The summed E-state index contributed by atoms with van der Waals surface area (Å²) < 4.78 is 11.5. The second-order valence-corrected chi connectivity index (χ2v) is 31.2. The topological polar surface area (TPSA) is 477 Å². The summed E-state index contributed by atoms with van der Waals surface area (Å²) in [6.07, 6.45) is 14.4. The molecule has 4 aromatic heterocycles. The lowest BCUT2D eigenvalue weighted by atomic mass is 9.81. The number of nitrogens with one attached hydrogen (secondary N) is 6. The minimum atomic E-state index is -0.574. The molecular weight excluding hydrogens is 1450 g/mol. The van der Waals surface area contributed by atoms with Crippen LogP contribution in [0.15, 0.2) is 100 Å². The molecule has 108 heavy (non-hydrogen) atoms. The molecule has 6 unspecified atom stereocenters. The number of piperidine rings is 3. The molecule has 9 aliphatic rings. The van der Waals surface area contributed by atoms with Gasteiger partial charge in [-0.2, -0.15) is 0 Å². The molecule has 7 aromatic rings. The summed E-state index contributed by atoms with van der Waals surface area (Å²) in [5.41, 5.74) is 36.3. The van der Waals surface area contributed by atoms with Crippen molar-refractivity contribution < 1.29 is 38.2 Å². The van der Waals surface area contributed by atoms with Gasteiger partial charge < -0.3 is 79.5 Å². The molecule has 0 saturated carbocycles. The molecular formula is C73H85Cl3N24O8. The third-order valence-corrected chi connectivity index (χ3v) is 22.3. The first kappa shape index (κ1) is 74.0. The number of amides is 6. The van der Waals surface area contributed by atoms with Gasteiger partial charge in [-0.1, -0.05) is 83.3 Å². The van der Waals surface area contributed by atoms with Crippen LogP contribution in [0.4, 0.5) is 39.7 Å². The van der Waals surface area contributed by atoms with Gasteiger partial charge >= 0.3 is 6.09 Å². The second kappa shape index (κ2) is 29.7. The highest BCUT2D eigenvalue weighted by atomic mass is 35.5. The van der Waals surface area contributed by atoms with Crippen LogP contribution in [0, 0.1) is 0 Å². The Morgan fingerprint density at radius 2 is 1.03 bits per heavy atom. The number of fused-ring (bicyclic) bond motifs is 7. The molecule has 6 amide bonds. The Labute approximate surface area is 636 Å². The highest BCUT2D eigenvalue weighted by Crippen LogP contribution is 2.49. The van der Waals surface area contributed by atoms with E-state index in [0.717, 1.165) is 117 Å². The molecule has 9 aliphatic heterocycles. The van der Waals surface area contributed by atoms with Gasteiger partial charge in [0.15, 0.2) is 79.4 Å². The van der Waals surface area contributed by atoms with Gasteiger partial charge in [0.2, 0.25) is 5.91 Å². The van der Waals surface area contributed by atoms with Crippen LogP contribution in [0.25, 0.3) is 10.9 Å². The number of amidine groups is 1. The number of carbonyl (C=O) groups excluding carboxylic acids is 6. The summed E-state index contributed by atoms with van der Waals surface area (Å²) in [5.74, 6) is 0.265. The maximum atomic E-state index is 13.6. The van der Waals surface area contributed by atoms with Crippen LogP contribution in [-0.2, 0) is 22.6 Å². The van der Waals surface area contributed by atoms with Crippen molar-refractivity contribution in [3.63, 3.8) is 0 Å². The maximum Gasteiger partial charge on any atom is 0.410 e. The van der Waals surface area contributed by atoms with Gasteiger partial charge in [0.1, 0.15) is 23.8 Å². The molecule has 16 rings (SSSR count). The lowest BCUT2D eigenvalue weighted by molar-refractivity contribution is -0.136. The lowest BCUT2D eigenvalue weighted by Gasteiger charge is -2.44. The molecule has 6 bridgehead atoms. The number of benzene rings is 3. The van der Waals surface area contributed by atoms with E-state index in [2.05, 4.69) is 81.3 Å². The van der Waals surface area contributed by atoms with Crippen molar-refractivity contribution in [1.82, 2.24) is 76.2 Å². The zero-order valence-electron chi connectivity index (χ0n) is 59.7. The Morgan fingerprint density at radius 3 is 1.53 bits per heavy atom. The smallest absolute Gasteiger partial charge is 0.410 e. The number of nitrogen functional groups attached to an aromatic ring is 6. The predicted molar refractivity (Wildman–Crippen MR) is 409 cm³/mol. The summed E-state index contributed by atoms with van der Waals surface area (Å²) >= 11 is 17.7. The fourth-order valence-electron chi connectivity index (χ4n) is 16.9. The Bertz CT molecular complexity index is 4760. The van der Waals surface area contributed by atoms with E-state index in [0.29, 0.717) is 56.7 Å². The van der Waals surface area contributed by atoms with Crippen LogP contribution < -0.4 is 65.7 Å². The highest BCUT2D eigenvalue weighted by molar-refractivity contribution is 6.32. The number of aliphatic imine (C=N–C) groups is 3. The van der Waals surface area contributed by atoms with Crippen LogP contribution in [-0.4, -0.2) is 175 Å². The number of rotatable bonds is 10. The van der Waals surface area contributed by atoms with E-state index < -0.39 is 23.3 Å². The molecule has 6 saturated heterocycles. The average molecular weight is 1530 g/mol. The first-order chi connectivity index (χ1) is 51.6. The van der Waals surface area contributed by atoms with E-state index in [1.54, 1.807) is 0 Å². The van der Waals surface area contributed by atoms with Crippen molar-refractivity contribution in [3.05, 3.63) is 134 Å². The van der Waals surface area contributed by atoms with Gasteiger partial charge in [-0.25, -0.2) is 34.7 Å². The Balaban J connectivity index is 0.000000137. The number of hydrogen-bond donors (Lipinski definition) is 12.